The van der Waals surface area contributed by atoms with Gasteiger partial charge in [0, 0.05) is 32.0 Å². The number of hydrogen-bond donors (Lipinski definition) is 2. The number of nitrogens with zero attached hydrogens (tertiary/aromatic N) is 3. The molecule has 29 heavy (non-hydrogen) atoms. The Balaban J connectivity index is 1.53. The number of benzene rings is 2. The van der Waals surface area contributed by atoms with Crippen molar-refractivity contribution in [2.75, 3.05) is 38.0 Å². The molecule has 0 aliphatic rings. The average Bonchev–Trinajstić information content (AvgIpc) is 2.75. The summed E-state index contributed by atoms with van der Waals surface area (Å²) in [6.45, 7) is 0.485. The highest BCUT2D eigenvalue weighted by Crippen LogP contribution is 2.19. The average molecular weight is 391 g/mol. The van der Waals surface area contributed by atoms with Crippen molar-refractivity contribution >= 4 is 23.1 Å². The van der Waals surface area contributed by atoms with E-state index in [2.05, 4.69) is 20.8 Å². The van der Waals surface area contributed by atoms with E-state index in [1.54, 1.807) is 19.2 Å². The van der Waals surface area contributed by atoms with Gasteiger partial charge in [-0.2, -0.15) is 0 Å². The number of amides is 1. The molecule has 150 valence electrons. The zero-order valence-corrected chi connectivity index (χ0v) is 16.8. The Morgan fingerprint density at radius 2 is 1.76 bits per heavy atom. The highest BCUT2D eigenvalue weighted by Gasteiger charge is 2.09. The lowest BCUT2D eigenvalue weighted by atomic mass is 10.1. The van der Waals surface area contributed by atoms with Gasteiger partial charge in [0.25, 0.3) is 5.91 Å². The van der Waals surface area contributed by atoms with Crippen molar-refractivity contribution in [2.45, 2.75) is 6.42 Å². The van der Waals surface area contributed by atoms with Crippen LogP contribution in [0.1, 0.15) is 16.1 Å². The van der Waals surface area contributed by atoms with Crippen molar-refractivity contribution in [3.8, 4) is 5.75 Å². The predicted molar refractivity (Wildman–Crippen MR) is 115 cm³/mol. The van der Waals surface area contributed by atoms with Crippen LogP contribution in [0.3, 0.4) is 0 Å². The fraction of sp³-hybridized carbons (Fsp3) is 0.227. The molecule has 3 aromatic rings. The number of ether oxygens (including phenoxy) is 1. The van der Waals surface area contributed by atoms with E-state index in [1.807, 2.05) is 67.5 Å². The predicted octanol–water partition coefficient (Wildman–Crippen LogP) is 3.27. The van der Waals surface area contributed by atoms with Crippen LogP contribution < -0.4 is 20.3 Å². The fourth-order valence-electron chi connectivity index (χ4n) is 2.82. The van der Waals surface area contributed by atoms with Crippen molar-refractivity contribution in [3.63, 3.8) is 0 Å². The number of methoxy groups -OCH3 is 1. The Hall–Kier alpha value is -3.61. The number of para-hydroxylation sites is 1. The molecule has 0 saturated heterocycles. The zero-order chi connectivity index (χ0) is 20.6. The van der Waals surface area contributed by atoms with E-state index in [1.165, 1.54) is 0 Å². The number of aromatic nitrogens is 2. The lowest BCUT2D eigenvalue weighted by molar-refractivity contribution is 0.0948. The van der Waals surface area contributed by atoms with Gasteiger partial charge in [-0.1, -0.05) is 18.2 Å². The normalized spacial score (nSPS) is 10.3. The lowest BCUT2D eigenvalue weighted by Crippen LogP contribution is -2.26. The first-order chi connectivity index (χ1) is 14.1. The monoisotopic (exact) mass is 391 g/mol. The number of carbonyl (C=O) groups excluding carboxylic acids is 1. The summed E-state index contributed by atoms with van der Waals surface area (Å²) in [6.07, 6.45) is 0.672. The Morgan fingerprint density at radius 3 is 2.41 bits per heavy atom. The Bertz CT molecular complexity index is 940. The molecule has 0 atom stereocenters. The van der Waals surface area contributed by atoms with Gasteiger partial charge >= 0.3 is 0 Å². The van der Waals surface area contributed by atoms with Crippen molar-refractivity contribution in [3.05, 3.63) is 71.9 Å². The molecule has 0 bridgehead atoms. The van der Waals surface area contributed by atoms with Gasteiger partial charge in [-0.05, 0) is 54.4 Å². The maximum absolute atomic E-state index is 12.3. The second-order valence-corrected chi connectivity index (χ2v) is 6.69. The SMILES string of the molecule is COc1ccccc1CCNC(=O)c1ccc(Nc2ccc(N(C)C)cc2)nn1. The number of rotatable bonds is 8. The number of anilines is 3. The summed E-state index contributed by atoms with van der Waals surface area (Å²) in [5.74, 6) is 1.14. The van der Waals surface area contributed by atoms with Gasteiger partial charge in [0.2, 0.25) is 0 Å². The molecule has 0 fully saturated rings. The van der Waals surface area contributed by atoms with Crippen molar-refractivity contribution < 1.29 is 9.53 Å². The summed E-state index contributed by atoms with van der Waals surface area (Å²) in [6, 6.07) is 19.1. The molecule has 1 amide bonds. The van der Waals surface area contributed by atoms with Gasteiger partial charge in [0.1, 0.15) is 5.75 Å². The molecular formula is C22H25N5O2. The minimum atomic E-state index is -0.255. The highest BCUT2D eigenvalue weighted by atomic mass is 16.5. The molecule has 0 radical (unpaired) electrons. The first kappa shape index (κ1) is 20.1. The molecule has 7 heteroatoms. The second-order valence-electron chi connectivity index (χ2n) is 6.69. The van der Waals surface area contributed by atoms with Gasteiger partial charge < -0.3 is 20.3 Å². The summed E-state index contributed by atoms with van der Waals surface area (Å²) in [7, 11) is 5.63. The summed E-state index contributed by atoms with van der Waals surface area (Å²) >= 11 is 0. The zero-order valence-electron chi connectivity index (χ0n) is 16.8. The summed E-state index contributed by atoms with van der Waals surface area (Å²) in [5.41, 5.74) is 3.33. The third kappa shape index (κ3) is 5.44. The van der Waals surface area contributed by atoms with E-state index in [4.69, 9.17) is 4.74 Å². The standard InChI is InChI=1S/C22H25N5O2/c1-27(2)18-10-8-17(9-11-18)24-21-13-12-19(25-26-21)22(28)23-15-14-16-6-4-5-7-20(16)29-3/h4-13H,14-15H2,1-3H3,(H,23,28)(H,24,26). The molecule has 0 aliphatic carbocycles. The van der Waals surface area contributed by atoms with E-state index in [9.17, 15) is 4.79 Å². The topological polar surface area (TPSA) is 79.4 Å². The van der Waals surface area contributed by atoms with E-state index in [-0.39, 0.29) is 11.6 Å². The third-order valence-electron chi connectivity index (χ3n) is 4.43. The molecule has 7 nitrogen and oxygen atoms in total. The summed E-state index contributed by atoms with van der Waals surface area (Å²) < 4.78 is 5.32. The number of carbonyl (C=O) groups is 1. The quantitative estimate of drug-likeness (QED) is 0.614. The van der Waals surface area contributed by atoms with Gasteiger partial charge in [-0.3, -0.25) is 4.79 Å². The minimum Gasteiger partial charge on any atom is -0.496 e. The van der Waals surface area contributed by atoms with Crippen molar-refractivity contribution in [1.82, 2.24) is 15.5 Å². The maximum Gasteiger partial charge on any atom is 0.271 e. The maximum atomic E-state index is 12.3. The molecule has 0 spiro atoms. The van der Waals surface area contributed by atoms with Crippen LogP contribution in [-0.2, 0) is 6.42 Å². The van der Waals surface area contributed by atoms with Gasteiger partial charge in [0.05, 0.1) is 7.11 Å². The van der Waals surface area contributed by atoms with Gasteiger partial charge in [-0.15, -0.1) is 10.2 Å². The Kier molecular flexibility index (Phi) is 6.63. The van der Waals surface area contributed by atoms with Crippen LogP contribution >= 0.6 is 0 Å². The fourth-order valence-corrected chi connectivity index (χ4v) is 2.82. The Labute approximate surface area is 170 Å². The van der Waals surface area contributed by atoms with Crippen LogP contribution in [0.2, 0.25) is 0 Å². The first-order valence-corrected chi connectivity index (χ1v) is 9.35. The van der Waals surface area contributed by atoms with Crippen LogP contribution in [0, 0.1) is 0 Å². The first-order valence-electron chi connectivity index (χ1n) is 9.35. The van der Waals surface area contributed by atoms with Crippen LogP contribution in [0.5, 0.6) is 5.75 Å². The highest BCUT2D eigenvalue weighted by molar-refractivity contribution is 5.92. The molecular weight excluding hydrogens is 366 g/mol. The smallest absolute Gasteiger partial charge is 0.271 e. The van der Waals surface area contributed by atoms with Crippen molar-refractivity contribution in [2.24, 2.45) is 0 Å². The molecule has 0 unspecified atom stereocenters. The molecule has 2 aromatic carbocycles. The van der Waals surface area contributed by atoms with E-state index < -0.39 is 0 Å². The largest absolute Gasteiger partial charge is 0.496 e. The number of hydrogen-bond acceptors (Lipinski definition) is 6. The molecule has 1 aromatic heterocycles. The van der Waals surface area contributed by atoms with E-state index in [0.29, 0.717) is 18.8 Å². The van der Waals surface area contributed by atoms with Crippen LogP contribution in [-0.4, -0.2) is 43.9 Å². The van der Waals surface area contributed by atoms with Crippen LogP contribution in [0.4, 0.5) is 17.2 Å². The van der Waals surface area contributed by atoms with E-state index in [0.717, 1.165) is 22.7 Å². The van der Waals surface area contributed by atoms with Gasteiger partial charge in [0.15, 0.2) is 11.5 Å². The summed E-state index contributed by atoms with van der Waals surface area (Å²) in [4.78, 5) is 14.3. The number of nitrogens with one attached hydrogen (secondary N) is 2. The van der Waals surface area contributed by atoms with Crippen LogP contribution in [0.15, 0.2) is 60.7 Å². The second kappa shape index (κ2) is 9.54. The Morgan fingerprint density at radius 1 is 1.00 bits per heavy atom. The third-order valence-corrected chi connectivity index (χ3v) is 4.43. The molecule has 0 saturated carbocycles. The molecule has 2 N–H and O–H groups in total. The molecule has 0 aliphatic heterocycles. The van der Waals surface area contributed by atoms with Crippen LogP contribution in [0.25, 0.3) is 0 Å². The molecule has 3 rings (SSSR count). The van der Waals surface area contributed by atoms with Gasteiger partial charge in [-0.25, -0.2) is 0 Å². The summed E-state index contributed by atoms with van der Waals surface area (Å²) in [5, 5.41) is 14.2. The van der Waals surface area contributed by atoms with E-state index >= 15 is 0 Å². The molecule has 1 heterocycles. The lowest BCUT2D eigenvalue weighted by Gasteiger charge is -2.13. The van der Waals surface area contributed by atoms with Crippen molar-refractivity contribution in [1.29, 1.82) is 0 Å². The minimum absolute atomic E-state index is 0.255.